The van der Waals surface area contributed by atoms with E-state index in [0.29, 0.717) is 6.10 Å². The summed E-state index contributed by atoms with van der Waals surface area (Å²) < 4.78 is 5.76. The summed E-state index contributed by atoms with van der Waals surface area (Å²) in [5, 5.41) is 4.29. The second-order valence-corrected chi connectivity index (χ2v) is 3.61. The molecule has 1 fully saturated rings. The Bertz CT molecular complexity index is 295. The van der Waals surface area contributed by atoms with Crippen LogP contribution in [0.3, 0.4) is 0 Å². The number of pyridine rings is 1. The number of aromatic nitrogens is 1. The minimum atomic E-state index is 0.307. The van der Waals surface area contributed by atoms with Crippen LogP contribution in [0.15, 0.2) is 18.2 Å². The minimum Gasteiger partial charge on any atom is -0.474 e. The highest BCUT2D eigenvalue weighted by atomic mass is 16.5. The highest BCUT2D eigenvalue weighted by Gasteiger charge is 2.15. The van der Waals surface area contributed by atoms with Gasteiger partial charge in [-0.05, 0) is 25.8 Å². The summed E-state index contributed by atoms with van der Waals surface area (Å²) >= 11 is 0. The molecular formula is C11H15N2O. The van der Waals surface area contributed by atoms with E-state index in [1.807, 2.05) is 25.1 Å². The number of ether oxygens (including phenoxy) is 1. The van der Waals surface area contributed by atoms with Gasteiger partial charge in [-0.3, -0.25) is 0 Å². The standard InChI is InChI=1S/C11H15N2O/c1-9-3-2-4-11(13-9)14-10-5-7-12-8-6-10/h2-4,10H,5-8H2,1H3. The second-order valence-electron chi connectivity index (χ2n) is 3.61. The van der Waals surface area contributed by atoms with Crippen LogP contribution in [0.1, 0.15) is 18.5 Å². The molecule has 0 spiro atoms. The third kappa shape index (κ3) is 2.45. The Labute approximate surface area is 84.5 Å². The topological polar surface area (TPSA) is 36.2 Å². The molecule has 0 amide bonds. The molecule has 1 aliphatic heterocycles. The van der Waals surface area contributed by atoms with Crippen LogP contribution in [-0.2, 0) is 0 Å². The summed E-state index contributed by atoms with van der Waals surface area (Å²) in [6, 6.07) is 5.87. The van der Waals surface area contributed by atoms with Gasteiger partial charge >= 0.3 is 0 Å². The zero-order chi connectivity index (χ0) is 9.80. The number of hydrogen-bond donors (Lipinski definition) is 0. The van der Waals surface area contributed by atoms with E-state index >= 15 is 0 Å². The third-order valence-corrected chi connectivity index (χ3v) is 2.37. The lowest BCUT2D eigenvalue weighted by molar-refractivity contribution is 0.154. The largest absolute Gasteiger partial charge is 0.474 e. The average Bonchev–Trinajstić information content (AvgIpc) is 2.19. The lowest BCUT2D eigenvalue weighted by Crippen LogP contribution is -2.30. The summed E-state index contributed by atoms with van der Waals surface area (Å²) in [6.07, 6.45) is 2.35. The Morgan fingerprint density at radius 3 is 2.79 bits per heavy atom. The molecule has 2 rings (SSSR count). The first kappa shape index (κ1) is 9.46. The van der Waals surface area contributed by atoms with Crippen molar-refractivity contribution < 1.29 is 4.74 Å². The molecule has 1 saturated heterocycles. The van der Waals surface area contributed by atoms with E-state index in [4.69, 9.17) is 4.74 Å². The van der Waals surface area contributed by atoms with Gasteiger partial charge in [-0.1, -0.05) is 6.07 Å². The van der Waals surface area contributed by atoms with E-state index in [2.05, 4.69) is 10.3 Å². The van der Waals surface area contributed by atoms with Gasteiger partial charge in [0, 0.05) is 24.8 Å². The fourth-order valence-electron chi connectivity index (χ4n) is 1.60. The fraction of sp³-hybridized carbons (Fsp3) is 0.545. The van der Waals surface area contributed by atoms with Gasteiger partial charge in [-0.25, -0.2) is 10.3 Å². The van der Waals surface area contributed by atoms with Gasteiger partial charge in [0.15, 0.2) is 0 Å². The molecule has 0 aliphatic carbocycles. The Hall–Kier alpha value is -1.09. The van der Waals surface area contributed by atoms with Gasteiger partial charge in [-0.15, -0.1) is 0 Å². The Kier molecular flexibility index (Phi) is 2.99. The molecule has 0 bridgehead atoms. The minimum absolute atomic E-state index is 0.307. The molecule has 2 heterocycles. The molecule has 75 valence electrons. The number of rotatable bonds is 2. The van der Waals surface area contributed by atoms with E-state index in [0.717, 1.165) is 37.5 Å². The molecule has 1 aromatic heterocycles. The summed E-state index contributed by atoms with van der Waals surface area (Å²) in [7, 11) is 0. The lowest BCUT2D eigenvalue weighted by atomic mass is 10.1. The molecule has 1 radical (unpaired) electrons. The summed E-state index contributed by atoms with van der Waals surface area (Å²) in [5.74, 6) is 0.747. The smallest absolute Gasteiger partial charge is 0.213 e. The van der Waals surface area contributed by atoms with E-state index in [9.17, 15) is 0 Å². The second kappa shape index (κ2) is 4.42. The molecule has 0 N–H and O–H groups in total. The normalized spacial score (nSPS) is 18.1. The fourth-order valence-corrected chi connectivity index (χ4v) is 1.60. The van der Waals surface area contributed by atoms with Gasteiger partial charge in [0.25, 0.3) is 0 Å². The van der Waals surface area contributed by atoms with Crippen LogP contribution in [0.5, 0.6) is 5.88 Å². The Morgan fingerprint density at radius 1 is 1.29 bits per heavy atom. The Morgan fingerprint density at radius 2 is 2.07 bits per heavy atom. The molecule has 0 saturated carbocycles. The molecule has 14 heavy (non-hydrogen) atoms. The van der Waals surface area contributed by atoms with Crippen molar-refractivity contribution in [2.24, 2.45) is 0 Å². The number of nitrogens with zero attached hydrogens (tertiary/aromatic N) is 2. The van der Waals surface area contributed by atoms with E-state index in [-0.39, 0.29) is 0 Å². The number of hydrogen-bond acceptors (Lipinski definition) is 2. The van der Waals surface area contributed by atoms with Crippen LogP contribution in [-0.4, -0.2) is 24.2 Å². The van der Waals surface area contributed by atoms with Crippen molar-refractivity contribution in [2.45, 2.75) is 25.9 Å². The van der Waals surface area contributed by atoms with Crippen LogP contribution in [0, 0.1) is 6.92 Å². The molecule has 0 atom stereocenters. The van der Waals surface area contributed by atoms with Crippen molar-refractivity contribution in [3.05, 3.63) is 23.9 Å². The van der Waals surface area contributed by atoms with Gasteiger partial charge in [0.1, 0.15) is 6.10 Å². The van der Waals surface area contributed by atoms with Crippen molar-refractivity contribution in [2.75, 3.05) is 13.1 Å². The van der Waals surface area contributed by atoms with Crippen LogP contribution in [0.4, 0.5) is 0 Å². The zero-order valence-corrected chi connectivity index (χ0v) is 8.44. The van der Waals surface area contributed by atoms with Gasteiger partial charge in [0.2, 0.25) is 5.88 Å². The van der Waals surface area contributed by atoms with Gasteiger partial charge in [0.05, 0.1) is 0 Å². The monoisotopic (exact) mass is 191 g/mol. The molecule has 3 heteroatoms. The van der Waals surface area contributed by atoms with Gasteiger partial charge < -0.3 is 4.74 Å². The van der Waals surface area contributed by atoms with E-state index in [1.165, 1.54) is 0 Å². The maximum absolute atomic E-state index is 5.76. The highest BCUT2D eigenvalue weighted by Crippen LogP contribution is 2.14. The van der Waals surface area contributed by atoms with Crippen LogP contribution in [0.25, 0.3) is 0 Å². The maximum atomic E-state index is 5.76. The molecule has 1 aliphatic rings. The van der Waals surface area contributed by atoms with E-state index in [1.54, 1.807) is 0 Å². The van der Waals surface area contributed by atoms with Gasteiger partial charge in [-0.2, -0.15) is 0 Å². The third-order valence-electron chi connectivity index (χ3n) is 2.37. The quantitative estimate of drug-likeness (QED) is 0.710. The highest BCUT2D eigenvalue weighted by molar-refractivity contribution is 5.14. The molecule has 1 aromatic rings. The molecule has 0 unspecified atom stereocenters. The van der Waals surface area contributed by atoms with Crippen molar-refractivity contribution in [1.29, 1.82) is 0 Å². The number of aryl methyl sites for hydroxylation is 1. The predicted octanol–water partition coefficient (Wildman–Crippen LogP) is 1.54. The van der Waals surface area contributed by atoms with Crippen molar-refractivity contribution >= 4 is 0 Å². The van der Waals surface area contributed by atoms with Crippen LogP contribution in [0.2, 0.25) is 0 Å². The number of piperidine rings is 1. The van der Waals surface area contributed by atoms with Crippen LogP contribution >= 0.6 is 0 Å². The van der Waals surface area contributed by atoms with Crippen molar-refractivity contribution in [1.82, 2.24) is 10.3 Å². The summed E-state index contributed by atoms with van der Waals surface area (Å²) in [6.45, 7) is 3.83. The first-order chi connectivity index (χ1) is 6.84. The van der Waals surface area contributed by atoms with E-state index < -0.39 is 0 Å². The first-order valence-corrected chi connectivity index (χ1v) is 5.08. The predicted molar refractivity (Wildman–Crippen MR) is 54.5 cm³/mol. The molecule has 0 aromatic carbocycles. The zero-order valence-electron chi connectivity index (χ0n) is 8.44. The Balaban J connectivity index is 1.95. The van der Waals surface area contributed by atoms with Crippen molar-refractivity contribution in [3.63, 3.8) is 0 Å². The first-order valence-electron chi connectivity index (χ1n) is 5.08. The summed E-state index contributed by atoms with van der Waals surface area (Å²) in [4.78, 5) is 4.31. The molecular weight excluding hydrogens is 176 g/mol. The van der Waals surface area contributed by atoms with Crippen LogP contribution < -0.4 is 10.1 Å². The van der Waals surface area contributed by atoms with Crippen molar-refractivity contribution in [3.8, 4) is 5.88 Å². The molecule has 3 nitrogen and oxygen atoms in total. The maximum Gasteiger partial charge on any atom is 0.213 e. The SMILES string of the molecule is Cc1cccc(OC2CC[N]CC2)n1. The lowest BCUT2D eigenvalue weighted by Gasteiger charge is -2.22. The summed E-state index contributed by atoms with van der Waals surface area (Å²) in [5.41, 5.74) is 1.00. The average molecular weight is 191 g/mol.